The molecule has 1 aliphatic carbocycles. The van der Waals surface area contributed by atoms with E-state index < -0.39 is 11.6 Å². The second kappa shape index (κ2) is 6.91. The Kier molecular flexibility index (Phi) is 4.97. The smallest absolute Gasteiger partial charge is 0.410 e. The van der Waals surface area contributed by atoms with E-state index in [1.807, 2.05) is 32.9 Å². The molecule has 6 nitrogen and oxygen atoms in total. The molecule has 0 saturated carbocycles. The van der Waals surface area contributed by atoms with Crippen molar-refractivity contribution >= 4 is 12.1 Å². The SMILES string of the molecule is CC(C)(C)OC(=O)N1CCC2(CC1)c1ccccc1C[C@@H]2OCC(=O)O. The van der Waals surface area contributed by atoms with Crippen LogP contribution in [0.4, 0.5) is 4.79 Å². The molecule has 0 aromatic heterocycles. The molecule has 142 valence electrons. The first-order valence-electron chi connectivity index (χ1n) is 9.11. The molecule has 0 bridgehead atoms. The van der Waals surface area contributed by atoms with Gasteiger partial charge in [0, 0.05) is 18.5 Å². The lowest BCUT2D eigenvalue weighted by molar-refractivity contribution is -0.146. The number of carboxylic acids is 1. The number of carboxylic acid groups (broad SMARTS) is 1. The number of carbonyl (C=O) groups is 2. The highest BCUT2D eigenvalue weighted by atomic mass is 16.6. The third-order valence-electron chi connectivity index (χ3n) is 5.29. The fourth-order valence-electron chi connectivity index (χ4n) is 4.15. The van der Waals surface area contributed by atoms with E-state index in [-0.39, 0.29) is 24.2 Å². The molecule has 1 aliphatic heterocycles. The summed E-state index contributed by atoms with van der Waals surface area (Å²) < 4.78 is 11.3. The highest BCUT2D eigenvalue weighted by Gasteiger charge is 2.49. The average Bonchev–Trinajstić information content (AvgIpc) is 2.86. The van der Waals surface area contributed by atoms with Gasteiger partial charge in [-0.1, -0.05) is 24.3 Å². The maximum atomic E-state index is 12.4. The van der Waals surface area contributed by atoms with Crippen molar-refractivity contribution in [2.45, 2.75) is 57.2 Å². The van der Waals surface area contributed by atoms with Crippen molar-refractivity contribution in [1.82, 2.24) is 4.90 Å². The van der Waals surface area contributed by atoms with E-state index in [0.29, 0.717) is 13.1 Å². The van der Waals surface area contributed by atoms with E-state index in [9.17, 15) is 9.59 Å². The highest BCUT2D eigenvalue weighted by Crippen LogP contribution is 2.47. The number of benzene rings is 1. The first-order valence-corrected chi connectivity index (χ1v) is 9.11. The molecular weight excluding hydrogens is 334 g/mol. The van der Waals surface area contributed by atoms with Crippen LogP contribution in [0.15, 0.2) is 24.3 Å². The summed E-state index contributed by atoms with van der Waals surface area (Å²) >= 11 is 0. The molecule has 1 amide bonds. The van der Waals surface area contributed by atoms with Crippen molar-refractivity contribution in [3.8, 4) is 0 Å². The van der Waals surface area contributed by atoms with Crippen LogP contribution >= 0.6 is 0 Å². The Hall–Kier alpha value is -2.08. The van der Waals surface area contributed by atoms with Crippen molar-refractivity contribution in [3.05, 3.63) is 35.4 Å². The van der Waals surface area contributed by atoms with E-state index in [2.05, 4.69) is 12.1 Å². The van der Waals surface area contributed by atoms with Crippen LogP contribution in [-0.4, -0.2) is 53.5 Å². The second-order valence-electron chi connectivity index (χ2n) is 8.18. The lowest BCUT2D eigenvalue weighted by Crippen LogP contribution is -2.51. The number of likely N-dealkylation sites (tertiary alicyclic amines) is 1. The third-order valence-corrected chi connectivity index (χ3v) is 5.29. The largest absolute Gasteiger partial charge is 0.480 e. The monoisotopic (exact) mass is 361 g/mol. The predicted molar refractivity (Wildman–Crippen MR) is 96.2 cm³/mol. The molecule has 1 spiro atoms. The third kappa shape index (κ3) is 3.70. The van der Waals surface area contributed by atoms with Crippen molar-refractivity contribution in [2.75, 3.05) is 19.7 Å². The highest BCUT2D eigenvalue weighted by molar-refractivity contribution is 5.69. The minimum atomic E-state index is -0.956. The number of amides is 1. The molecule has 1 fully saturated rings. The van der Waals surface area contributed by atoms with Gasteiger partial charge < -0.3 is 19.5 Å². The maximum Gasteiger partial charge on any atom is 0.410 e. The Morgan fingerprint density at radius 2 is 1.88 bits per heavy atom. The zero-order valence-corrected chi connectivity index (χ0v) is 15.7. The summed E-state index contributed by atoms with van der Waals surface area (Å²) in [4.78, 5) is 25.1. The van der Waals surface area contributed by atoms with Gasteiger partial charge in [-0.3, -0.25) is 0 Å². The second-order valence-corrected chi connectivity index (χ2v) is 8.18. The zero-order valence-electron chi connectivity index (χ0n) is 15.7. The van der Waals surface area contributed by atoms with Crippen LogP contribution in [0.3, 0.4) is 0 Å². The first kappa shape index (κ1) is 18.7. The number of nitrogens with zero attached hydrogens (tertiary/aromatic N) is 1. The van der Waals surface area contributed by atoms with Crippen LogP contribution in [0.25, 0.3) is 0 Å². The van der Waals surface area contributed by atoms with Crippen molar-refractivity contribution in [1.29, 1.82) is 0 Å². The maximum absolute atomic E-state index is 12.4. The van der Waals surface area contributed by atoms with Crippen molar-refractivity contribution in [2.24, 2.45) is 0 Å². The number of aliphatic carboxylic acids is 1. The molecule has 2 aliphatic rings. The number of rotatable bonds is 3. The van der Waals surface area contributed by atoms with Gasteiger partial charge in [-0.15, -0.1) is 0 Å². The number of hydrogen-bond donors (Lipinski definition) is 1. The molecular formula is C20H27NO5. The summed E-state index contributed by atoms with van der Waals surface area (Å²) in [7, 11) is 0. The predicted octanol–water partition coefficient (Wildman–Crippen LogP) is 2.98. The molecule has 1 heterocycles. The van der Waals surface area contributed by atoms with Crippen LogP contribution in [-0.2, 0) is 26.1 Å². The molecule has 1 atom stereocenters. The summed E-state index contributed by atoms with van der Waals surface area (Å²) in [5, 5.41) is 9.01. The molecule has 1 saturated heterocycles. The van der Waals surface area contributed by atoms with E-state index >= 15 is 0 Å². The van der Waals surface area contributed by atoms with Gasteiger partial charge in [-0.25, -0.2) is 9.59 Å². The van der Waals surface area contributed by atoms with Gasteiger partial charge in [-0.05, 0) is 51.2 Å². The standard InChI is InChI=1S/C20H27NO5/c1-19(2,3)26-18(24)21-10-8-20(9-11-21)15-7-5-4-6-14(15)12-16(20)25-13-17(22)23/h4-7,16H,8-13H2,1-3H3,(H,22,23)/t16-/m0/s1. The fraction of sp³-hybridized carbons (Fsp3) is 0.600. The van der Waals surface area contributed by atoms with Gasteiger partial charge in [0.1, 0.15) is 12.2 Å². The normalized spacial score (nSPS) is 21.5. The van der Waals surface area contributed by atoms with Crippen LogP contribution < -0.4 is 0 Å². The number of ether oxygens (including phenoxy) is 2. The number of hydrogen-bond acceptors (Lipinski definition) is 4. The van der Waals surface area contributed by atoms with Gasteiger partial charge in [0.2, 0.25) is 0 Å². The van der Waals surface area contributed by atoms with Gasteiger partial charge in [0.25, 0.3) is 0 Å². The minimum absolute atomic E-state index is 0.170. The summed E-state index contributed by atoms with van der Waals surface area (Å²) in [6.45, 7) is 6.44. The number of fused-ring (bicyclic) bond motifs is 2. The van der Waals surface area contributed by atoms with E-state index in [1.165, 1.54) is 11.1 Å². The quantitative estimate of drug-likeness (QED) is 0.896. The van der Waals surface area contributed by atoms with Gasteiger partial charge in [-0.2, -0.15) is 0 Å². The number of carbonyl (C=O) groups excluding carboxylic acids is 1. The molecule has 1 aromatic rings. The van der Waals surface area contributed by atoms with Crippen LogP contribution in [0.1, 0.15) is 44.7 Å². The summed E-state index contributed by atoms with van der Waals surface area (Å²) in [5.41, 5.74) is 1.71. The molecule has 26 heavy (non-hydrogen) atoms. The fourth-order valence-corrected chi connectivity index (χ4v) is 4.15. The Morgan fingerprint density at radius 3 is 2.50 bits per heavy atom. The summed E-state index contributed by atoms with van der Waals surface area (Å²) in [5.74, 6) is -0.956. The summed E-state index contributed by atoms with van der Waals surface area (Å²) in [6.07, 6.45) is 1.75. The first-order chi connectivity index (χ1) is 12.2. The minimum Gasteiger partial charge on any atom is -0.480 e. The molecule has 1 aromatic carbocycles. The topological polar surface area (TPSA) is 76.1 Å². The van der Waals surface area contributed by atoms with E-state index in [1.54, 1.807) is 4.90 Å². The molecule has 0 unspecified atom stereocenters. The lowest BCUT2D eigenvalue weighted by Gasteiger charge is -2.43. The Morgan fingerprint density at radius 1 is 1.23 bits per heavy atom. The van der Waals surface area contributed by atoms with E-state index in [0.717, 1.165) is 19.3 Å². The summed E-state index contributed by atoms with van der Waals surface area (Å²) in [6, 6.07) is 8.21. The van der Waals surface area contributed by atoms with Crippen molar-refractivity contribution in [3.63, 3.8) is 0 Å². The van der Waals surface area contributed by atoms with Gasteiger partial charge in [0.15, 0.2) is 0 Å². The Balaban J connectivity index is 1.76. The Bertz CT molecular complexity index is 686. The lowest BCUT2D eigenvalue weighted by atomic mass is 9.72. The number of piperidine rings is 1. The van der Waals surface area contributed by atoms with Crippen LogP contribution in [0, 0.1) is 0 Å². The van der Waals surface area contributed by atoms with E-state index in [4.69, 9.17) is 14.6 Å². The molecule has 0 radical (unpaired) electrons. The zero-order chi connectivity index (χ0) is 18.9. The Labute approximate surface area is 154 Å². The van der Waals surface area contributed by atoms with Gasteiger partial charge >= 0.3 is 12.1 Å². The molecule has 3 rings (SSSR count). The van der Waals surface area contributed by atoms with Crippen molar-refractivity contribution < 1.29 is 24.2 Å². The van der Waals surface area contributed by atoms with Crippen LogP contribution in [0.5, 0.6) is 0 Å². The van der Waals surface area contributed by atoms with Gasteiger partial charge in [0.05, 0.1) is 6.10 Å². The average molecular weight is 361 g/mol. The van der Waals surface area contributed by atoms with Crippen LogP contribution in [0.2, 0.25) is 0 Å². The molecule has 1 N–H and O–H groups in total. The molecule has 6 heteroatoms.